The van der Waals surface area contributed by atoms with Crippen molar-refractivity contribution in [3.63, 3.8) is 0 Å². The summed E-state index contributed by atoms with van der Waals surface area (Å²) >= 11 is 12.5. The normalized spacial score (nSPS) is 14.1. The standard InChI is InChI=1S/C29H19Cl2NO3/c30-22-11-9-20(10-12-22)26(19-6-2-1-3-7-19)27-24-16-23(31)13-14-25(24)32(28(27)33)17-18-5-4-8-21(15-18)29(34)35/h1-16H,17H2,(H,34,35). The number of carboxylic acid groups (broad SMARTS) is 1. The summed E-state index contributed by atoms with van der Waals surface area (Å²) in [5, 5.41) is 10.5. The second-order valence-corrected chi connectivity index (χ2v) is 9.05. The Balaban J connectivity index is 1.71. The summed E-state index contributed by atoms with van der Waals surface area (Å²) in [6.45, 7) is 0.223. The van der Waals surface area contributed by atoms with E-state index in [-0.39, 0.29) is 18.0 Å². The maximum Gasteiger partial charge on any atom is 0.335 e. The molecule has 0 spiro atoms. The molecule has 4 aromatic carbocycles. The molecule has 0 atom stereocenters. The van der Waals surface area contributed by atoms with E-state index in [1.165, 1.54) is 6.07 Å². The number of carboxylic acids is 1. The molecule has 4 nitrogen and oxygen atoms in total. The van der Waals surface area contributed by atoms with Crippen molar-refractivity contribution in [3.8, 4) is 0 Å². The van der Waals surface area contributed by atoms with Gasteiger partial charge in [-0.15, -0.1) is 0 Å². The van der Waals surface area contributed by atoms with Crippen molar-refractivity contribution in [1.29, 1.82) is 0 Å². The molecule has 0 aromatic heterocycles. The van der Waals surface area contributed by atoms with Crippen LogP contribution in [-0.4, -0.2) is 17.0 Å². The molecule has 0 fully saturated rings. The molecule has 0 saturated heterocycles. The van der Waals surface area contributed by atoms with Gasteiger partial charge in [-0.2, -0.15) is 0 Å². The lowest BCUT2D eigenvalue weighted by Gasteiger charge is -2.18. The summed E-state index contributed by atoms with van der Waals surface area (Å²) in [4.78, 5) is 27.2. The zero-order valence-electron chi connectivity index (χ0n) is 18.4. The zero-order chi connectivity index (χ0) is 24.5. The summed E-state index contributed by atoms with van der Waals surface area (Å²) in [6.07, 6.45) is 0. The molecule has 1 aliphatic heterocycles. The fourth-order valence-electron chi connectivity index (χ4n) is 4.36. The number of aromatic carboxylic acids is 1. The van der Waals surface area contributed by atoms with Crippen molar-refractivity contribution in [2.45, 2.75) is 6.54 Å². The molecule has 6 heteroatoms. The van der Waals surface area contributed by atoms with Crippen LogP contribution in [0.4, 0.5) is 5.69 Å². The lowest BCUT2D eigenvalue weighted by atomic mass is 9.90. The van der Waals surface area contributed by atoms with E-state index in [0.29, 0.717) is 21.2 Å². The van der Waals surface area contributed by atoms with Crippen LogP contribution in [0.5, 0.6) is 0 Å². The van der Waals surface area contributed by atoms with Crippen molar-refractivity contribution >= 4 is 51.9 Å². The molecule has 4 aromatic rings. The van der Waals surface area contributed by atoms with E-state index in [1.54, 1.807) is 41.3 Å². The van der Waals surface area contributed by atoms with Gasteiger partial charge in [-0.05, 0) is 59.2 Å². The van der Waals surface area contributed by atoms with Crippen molar-refractivity contribution in [1.82, 2.24) is 0 Å². The first-order valence-corrected chi connectivity index (χ1v) is 11.7. The number of rotatable bonds is 5. The van der Waals surface area contributed by atoms with Gasteiger partial charge in [0.15, 0.2) is 0 Å². The Labute approximate surface area is 212 Å². The van der Waals surface area contributed by atoms with E-state index in [9.17, 15) is 14.7 Å². The number of fused-ring (bicyclic) bond motifs is 1. The number of halogens is 2. The van der Waals surface area contributed by atoms with Gasteiger partial charge in [-0.25, -0.2) is 4.79 Å². The Morgan fingerprint density at radius 1 is 0.743 bits per heavy atom. The number of amides is 1. The number of anilines is 1. The Morgan fingerprint density at radius 3 is 2.11 bits per heavy atom. The Kier molecular flexibility index (Phi) is 6.16. The van der Waals surface area contributed by atoms with E-state index in [1.807, 2.05) is 54.6 Å². The Bertz CT molecular complexity index is 1480. The summed E-state index contributed by atoms with van der Waals surface area (Å²) < 4.78 is 0. The first-order valence-electron chi connectivity index (χ1n) is 10.9. The quantitative estimate of drug-likeness (QED) is 0.295. The second kappa shape index (κ2) is 9.41. The molecule has 172 valence electrons. The number of benzene rings is 4. The van der Waals surface area contributed by atoms with Gasteiger partial charge in [0.25, 0.3) is 5.91 Å². The van der Waals surface area contributed by atoms with Crippen LogP contribution < -0.4 is 4.90 Å². The molecule has 1 aliphatic rings. The van der Waals surface area contributed by atoms with Gasteiger partial charge in [-0.3, -0.25) is 4.79 Å². The molecule has 0 aliphatic carbocycles. The first-order chi connectivity index (χ1) is 16.9. The van der Waals surface area contributed by atoms with Crippen LogP contribution in [0, 0.1) is 0 Å². The lowest BCUT2D eigenvalue weighted by molar-refractivity contribution is -0.113. The van der Waals surface area contributed by atoms with Crippen LogP contribution in [0.15, 0.2) is 97.1 Å². The molecule has 0 bridgehead atoms. The van der Waals surface area contributed by atoms with E-state index in [4.69, 9.17) is 23.2 Å². The minimum atomic E-state index is -1.01. The fourth-order valence-corrected chi connectivity index (χ4v) is 4.66. The number of carbonyl (C=O) groups is 2. The highest BCUT2D eigenvalue weighted by Crippen LogP contribution is 2.44. The largest absolute Gasteiger partial charge is 0.478 e. The van der Waals surface area contributed by atoms with Crippen LogP contribution in [0.25, 0.3) is 11.1 Å². The van der Waals surface area contributed by atoms with Gasteiger partial charge in [0, 0.05) is 21.2 Å². The molecule has 0 saturated carbocycles. The van der Waals surface area contributed by atoms with Gasteiger partial charge in [0.2, 0.25) is 0 Å². The molecule has 1 amide bonds. The smallest absolute Gasteiger partial charge is 0.335 e. The predicted octanol–water partition coefficient (Wildman–Crippen LogP) is 7.20. The predicted molar refractivity (Wildman–Crippen MR) is 140 cm³/mol. The number of carbonyl (C=O) groups excluding carboxylic acids is 1. The maximum absolute atomic E-state index is 14.0. The summed E-state index contributed by atoms with van der Waals surface area (Å²) in [6, 6.07) is 29.1. The lowest BCUT2D eigenvalue weighted by Crippen LogP contribution is -2.26. The second-order valence-electron chi connectivity index (χ2n) is 8.18. The average molecular weight is 500 g/mol. The highest BCUT2D eigenvalue weighted by Gasteiger charge is 2.35. The molecule has 5 rings (SSSR count). The zero-order valence-corrected chi connectivity index (χ0v) is 19.9. The van der Waals surface area contributed by atoms with Crippen LogP contribution in [0.2, 0.25) is 10.0 Å². The van der Waals surface area contributed by atoms with Gasteiger partial charge in [0.1, 0.15) is 0 Å². The summed E-state index contributed by atoms with van der Waals surface area (Å²) in [5.41, 5.74) is 5.38. The molecular formula is C29H19Cl2NO3. The Hall–Kier alpha value is -3.86. The van der Waals surface area contributed by atoms with Crippen molar-refractivity contribution in [2.24, 2.45) is 0 Å². The van der Waals surface area contributed by atoms with Crippen LogP contribution in [-0.2, 0) is 11.3 Å². The monoisotopic (exact) mass is 499 g/mol. The van der Waals surface area contributed by atoms with Gasteiger partial charge < -0.3 is 10.0 Å². The van der Waals surface area contributed by atoms with Gasteiger partial charge in [-0.1, -0.05) is 77.8 Å². The van der Waals surface area contributed by atoms with Crippen LogP contribution >= 0.6 is 23.2 Å². The minimum absolute atomic E-state index is 0.173. The molecule has 1 heterocycles. The van der Waals surface area contributed by atoms with Crippen LogP contribution in [0.3, 0.4) is 0 Å². The van der Waals surface area contributed by atoms with E-state index in [2.05, 4.69) is 0 Å². The van der Waals surface area contributed by atoms with Crippen molar-refractivity contribution in [3.05, 3.63) is 135 Å². The van der Waals surface area contributed by atoms with Gasteiger partial charge >= 0.3 is 5.97 Å². The SMILES string of the molecule is O=C(O)c1cccc(CN2C(=O)C(=C(c3ccccc3)c3ccc(Cl)cc3)c3cc(Cl)ccc32)c1. The molecule has 35 heavy (non-hydrogen) atoms. The topological polar surface area (TPSA) is 57.6 Å². The van der Waals surface area contributed by atoms with Gasteiger partial charge in [0.05, 0.1) is 23.4 Å². The number of hydrogen-bond acceptors (Lipinski definition) is 2. The maximum atomic E-state index is 14.0. The highest BCUT2D eigenvalue weighted by atomic mass is 35.5. The first kappa shape index (κ1) is 22.9. The third kappa shape index (κ3) is 4.46. The van der Waals surface area contributed by atoms with Crippen molar-refractivity contribution < 1.29 is 14.7 Å². The summed E-state index contributed by atoms with van der Waals surface area (Å²) in [7, 11) is 0. The summed E-state index contributed by atoms with van der Waals surface area (Å²) in [5.74, 6) is -1.20. The minimum Gasteiger partial charge on any atom is -0.478 e. The van der Waals surface area contributed by atoms with E-state index >= 15 is 0 Å². The Morgan fingerprint density at radius 2 is 1.40 bits per heavy atom. The average Bonchev–Trinajstić information content (AvgIpc) is 3.12. The molecule has 0 radical (unpaired) electrons. The molecule has 0 unspecified atom stereocenters. The number of hydrogen-bond donors (Lipinski definition) is 1. The third-order valence-corrected chi connectivity index (χ3v) is 6.42. The fraction of sp³-hybridized carbons (Fsp3) is 0.0345. The van der Waals surface area contributed by atoms with E-state index < -0.39 is 5.97 Å². The van der Waals surface area contributed by atoms with Crippen molar-refractivity contribution in [2.75, 3.05) is 4.90 Å². The van der Waals surface area contributed by atoms with E-state index in [0.717, 1.165) is 28.0 Å². The van der Waals surface area contributed by atoms with Crippen LogP contribution in [0.1, 0.15) is 32.6 Å². The third-order valence-electron chi connectivity index (χ3n) is 5.94. The highest BCUT2D eigenvalue weighted by molar-refractivity contribution is 6.40. The molecular weight excluding hydrogens is 481 g/mol. The number of nitrogens with zero attached hydrogens (tertiary/aromatic N) is 1. The molecule has 1 N–H and O–H groups in total.